The Morgan fingerprint density at radius 1 is 1.50 bits per heavy atom. The fraction of sp³-hybridized carbons (Fsp3) is 0.333. The number of nitrogens with two attached hydrogens (primary N) is 1. The Morgan fingerprint density at radius 2 is 2.28 bits per heavy atom. The number of aromatic nitrogens is 2. The van der Waals surface area contributed by atoms with Crippen molar-refractivity contribution in [3.05, 3.63) is 47.4 Å². The summed E-state index contributed by atoms with van der Waals surface area (Å²) in [5.41, 5.74) is 6.41. The smallest absolute Gasteiger partial charge is 0.246 e. The van der Waals surface area contributed by atoms with Crippen molar-refractivity contribution in [3.8, 4) is 0 Å². The predicted molar refractivity (Wildman–Crippen MR) is 62.1 cm³/mol. The SMILES string of the molecule is CC(O)C(N)c1nc(Cc2cccc(F)c2)no1. The molecule has 1 heterocycles. The third kappa shape index (κ3) is 2.91. The third-order valence-electron chi connectivity index (χ3n) is 2.54. The van der Waals surface area contributed by atoms with E-state index in [1.807, 2.05) is 0 Å². The Bertz CT molecular complexity index is 528. The van der Waals surface area contributed by atoms with Gasteiger partial charge in [0.15, 0.2) is 5.82 Å². The van der Waals surface area contributed by atoms with Crippen LogP contribution in [-0.4, -0.2) is 21.4 Å². The van der Waals surface area contributed by atoms with E-state index in [4.69, 9.17) is 10.3 Å². The Hall–Kier alpha value is -1.79. The van der Waals surface area contributed by atoms with E-state index in [1.54, 1.807) is 19.1 Å². The van der Waals surface area contributed by atoms with Crippen LogP contribution in [0.1, 0.15) is 30.2 Å². The van der Waals surface area contributed by atoms with Gasteiger partial charge in [0.05, 0.1) is 6.10 Å². The maximum absolute atomic E-state index is 13.0. The molecule has 18 heavy (non-hydrogen) atoms. The summed E-state index contributed by atoms with van der Waals surface area (Å²) in [6, 6.07) is 5.46. The molecule has 0 amide bonds. The van der Waals surface area contributed by atoms with Gasteiger partial charge < -0.3 is 15.4 Å². The number of hydrogen-bond acceptors (Lipinski definition) is 5. The van der Waals surface area contributed by atoms with Crippen LogP contribution in [0.3, 0.4) is 0 Å². The molecule has 0 aliphatic heterocycles. The number of aliphatic hydroxyl groups is 1. The molecule has 5 nitrogen and oxygen atoms in total. The van der Waals surface area contributed by atoms with E-state index in [1.165, 1.54) is 12.1 Å². The molecule has 0 aliphatic carbocycles. The largest absolute Gasteiger partial charge is 0.391 e. The minimum absolute atomic E-state index is 0.177. The van der Waals surface area contributed by atoms with Gasteiger partial charge in [-0.15, -0.1) is 0 Å². The Morgan fingerprint density at radius 3 is 2.94 bits per heavy atom. The zero-order chi connectivity index (χ0) is 13.1. The van der Waals surface area contributed by atoms with Crippen LogP contribution in [0.15, 0.2) is 28.8 Å². The van der Waals surface area contributed by atoms with Gasteiger partial charge in [0, 0.05) is 6.42 Å². The molecular weight excluding hydrogens is 237 g/mol. The summed E-state index contributed by atoms with van der Waals surface area (Å²) in [5, 5.41) is 13.1. The molecule has 0 radical (unpaired) electrons. The van der Waals surface area contributed by atoms with E-state index in [0.29, 0.717) is 12.2 Å². The van der Waals surface area contributed by atoms with Gasteiger partial charge >= 0.3 is 0 Å². The molecule has 0 saturated heterocycles. The first-order chi connectivity index (χ1) is 8.56. The second kappa shape index (κ2) is 5.24. The van der Waals surface area contributed by atoms with Crippen molar-refractivity contribution >= 4 is 0 Å². The van der Waals surface area contributed by atoms with Crippen LogP contribution in [0, 0.1) is 5.82 Å². The van der Waals surface area contributed by atoms with Gasteiger partial charge in [0.1, 0.15) is 11.9 Å². The van der Waals surface area contributed by atoms with Crippen molar-refractivity contribution in [2.24, 2.45) is 5.73 Å². The highest BCUT2D eigenvalue weighted by atomic mass is 19.1. The lowest BCUT2D eigenvalue weighted by Gasteiger charge is -2.08. The van der Waals surface area contributed by atoms with E-state index in [0.717, 1.165) is 5.56 Å². The zero-order valence-corrected chi connectivity index (χ0v) is 9.88. The summed E-state index contributed by atoms with van der Waals surface area (Å²) in [5.74, 6) is 0.278. The fourth-order valence-electron chi connectivity index (χ4n) is 1.51. The van der Waals surface area contributed by atoms with E-state index in [2.05, 4.69) is 10.1 Å². The average Bonchev–Trinajstić information content (AvgIpc) is 2.76. The minimum Gasteiger partial charge on any atom is -0.391 e. The number of aliphatic hydroxyl groups excluding tert-OH is 1. The molecule has 96 valence electrons. The van der Waals surface area contributed by atoms with Crippen LogP contribution in [0.4, 0.5) is 4.39 Å². The van der Waals surface area contributed by atoms with Crippen molar-refractivity contribution in [2.75, 3.05) is 0 Å². The van der Waals surface area contributed by atoms with E-state index in [-0.39, 0.29) is 11.7 Å². The fourth-order valence-corrected chi connectivity index (χ4v) is 1.51. The molecule has 0 saturated carbocycles. The standard InChI is InChI=1S/C12H14FN3O2/c1-7(17)11(14)12-15-10(16-18-12)6-8-3-2-4-9(13)5-8/h2-5,7,11,17H,6,14H2,1H3. The van der Waals surface area contributed by atoms with E-state index >= 15 is 0 Å². The van der Waals surface area contributed by atoms with Crippen molar-refractivity contribution in [1.29, 1.82) is 0 Å². The average molecular weight is 251 g/mol. The van der Waals surface area contributed by atoms with Crippen molar-refractivity contribution < 1.29 is 14.0 Å². The molecule has 6 heteroatoms. The van der Waals surface area contributed by atoms with Gasteiger partial charge in [-0.2, -0.15) is 4.98 Å². The normalized spacial score (nSPS) is 14.4. The molecule has 3 N–H and O–H groups in total. The van der Waals surface area contributed by atoms with Gasteiger partial charge in [0.2, 0.25) is 5.89 Å². The van der Waals surface area contributed by atoms with Gasteiger partial charge in [-0.3, -0.25) is 0 Å². The van der Waals surface area contributed by atoms with Crippen LogP contribution in [-0.2, 0) is 6.42 Å². The van der Waals surface area contributed by atoms with Gasteiger partial charge in [-0.25, -0.2) is 4.39 Å². The summed E-state index contributed by atoms with van der Waals surface area (Å²) in [4.78, 5) is 4.07. The highest BCUT2D eigenvalue weighted by Crippen LogP contribution is 2.14. The van der Waals surface area contributed by atoms with Crippen LogP contribution in [0.2, 0.25) is 0 Å². The number of hydrogen-bond donors (Lipinski definition) is 2. The molecular formula is C12H14FN3O2. The molecule has 0 fully saturated rings. The van der Waals surface area contributed by atoms with Crippen molar-refractivity contribution in [2.45, 2.75) is 25.5 Å². The number of benzene rings is 1. The summed E-state index contributed by atoms with van der Waals surface area (Å²) < 4.78 is 17.9. The number of rotatable bonds is 4. The Kier molecular flexibility index (Phi) is 3.69. The van der Waals surface area contributed by atoms with Gasteiger partial charge in [0.25, 0.3) is 0 Å². The molecule has 0 spiro atoms. The lowest BCUT2D eigenvalue weighted by Crippen LogP contribution is -2.23. The summed E-state index contributed by atoms with van der Waals surface area (Å²) in [6.45, 7) is 1.54. The van der Waals surface area contributed by atoms with Crippen LogP contribution in [0.25, 0.3) is 0 Å². The molecule has 2 aromatic rings. The predicted octanol–water partition coefficient (Wildman–Crippen LogP) is 1.18. The minimum atomic E-state index is -0.771. The van der Waals surface area contributed by atoms with Gasteiger partial charge in [-0.05, 0) is 24.6 Å². The second-order valence-corrected chi connectivity index (χ2v) is 4.12. The van der Waals surface area contributed by atoms with E-state index in [9.17, 15) is 9.50 Å². The van der Waals surface area contributed by atoms with Crippen LogP contribution >= 0.6 is 0 Å². The first-order valence-corrected chi connectivity index (χ1v) is 5.57. The first kappa shape index (κ1) is 12.7. The lowest BCUT2D eigenvalue weighted by molar-refractivity contribution is 0.146. The summed E-state index contributed by atoms with van der Waals surface area (Å²) in [7, 11) is 0. The van der Waals surface area contributed by atoms with Crippen LogP contribution in [0.5, 0.6) is 0 Å². The molecule has 1 aromatic carbocycles. The molecule has 2 rings (SSSR count). The first-order valence-electron chi connectivity index (χ1n) is 5.57. The molecule has 2 atom stereocenters. The molecule has 1 aromatic heterocycles. The summed E-state index contributed by atoms with van der Waals surface area (Å²) in [6.07, 6.45) is -0.416. The Labute approximate surface area is 103 Å². The molecule has 0 bridgehead atoms. The van der Waals surface area contributed by atoms with Crippen molar-refractivity contribution in [1.82, 2.24) is 10.1 Å². The van der Waals surface area contributed by atoms with E-state index < -0.39 is 12.1 Å². The quantitative estimate of drug-likeness (QED) is 0.852. The zero-order valence-electron chi connectivity index (χ0n) is 9.88. The number of halogens is 1. The lowest BCUT2D eigenvalue weighted by atomic mass is 10.1. The van der Waals surface area contributed by atoms with Crippen LogP contribution < -0.4 is 5.73 Å². The highest BCUT2D eigenvalue weighted by Gasteiger charge is 2.19. The van der Waals surface area contributed by atoms with Gasteiger partial charge in [-0.1, -0.05) is 17.3 Å². The number of nitrogens with zero attached hydrogens (tertiary/aromatic N) is 2. The van der Waals surface area contributed by atoms with Crippen molar-refractivity contribution in [3.63, 3.8) is 0 Å². The second-order valence-electron chi connectivity index (χ2n) is 4.12. The Balaban J connectivity index is 2.11. The monoisotopic (exact) mass is 251 g/mol. The topological polar surface area (TPSA) is 85.2 Å². The third-order valence-corrected chi connectivity index (χ3v) is 2.54. The maximum atomic E-state index is 13.0. The maximum Gasteiger partial charge on any atom is 0.246 e. The summed E-state index contributed by atoms with van der Waals surface area (Å²) >= 11 is 0. The molecule has 2 unspecified atom stereocenters. The highest BCUT2D eigenvalue weighted by molar-refractivity contribution is 5.19. The molecule has 0 aliphatic rings.